The van der Waals surface area contributed by atoms with Gasteiger partial charge in [-0.1, -0.05) is 30.3 Å². The Balaban J connectivity index is 1.26. The van der Waals surface area contributed by atoms with Crippen molar-refractivity contribution >= 4 is 22.4 Å². The fourth-order valence-corrected chi connectivity index (χ4v) is 4.93. The normalized spacial score (nSPS) is 16.6. The standard InChI is InChI=1S/C25H27N3O2S/c1-16(24(26)29)19-5-4-18-10-11-28(15-20(18)13-19)25-27-14-23(31-25)12-17-2-6-21(7-3-17)30-22-8-9-22/h2-7,13-14,16,22H,8-12,15H2,1H3,(H2,26,29). The molecular weight excluding hydrogens is 406 g/mol. The summed E-state index contributed by atoms with van der Waals surface area (Å²) in [5.74, 6) is 0.408. The Morgan fingerprint density at radius 3 is 2.77 bits per heavy atom. The van der Waals surface area contributed by atoms with Crippen molar-refractivity contribution in [2.24, 2.45) is 5.73 Å². The van der Waals surface area contributed by atoms with Crippen LogP contribution in [0.25, 0.3) is 0 Å². The maximum atomic E-state index is 11.6. The van der Waals surface area contributed by atoms with E-state index in [2.05, 4.69) is 41.3 Å². The largest absolute Gasteiger partial charge is 0.490 e. The summed E-state index contributed by atoms with van der Waals surface area (Å²) in [6, 6.07) is 14.8. The third-order valence-electron chi connectivity index (χ3n) is 6.11. The molecule has 31 heavy (non-hydrogen) atoms. The van der Waals surface area contributed by atoms with Crippen molar-refractivity contribution in [3.05, 3.63) is 75.8 Å². The Labute approximate surface area is 186 Å². The number of primary amides is 1. The summed E-state index contributed by atoms with van der Waals surface area (Å²) in [5.41, 5.74) is 10.4. The molecule has 5 rings (SSSR count). The SMILES string of the molecule is CC(C(N)=O)c1ccc2c(c1)CN(c1ncc(Cc3ccc(OC4CC4)cc3)s1)CC2. The third-order valence-corrected chi connectivity index (χ3v) is 7.17. The van der Waals surface area contributed by atoms with E-state index in [0.717, 1.165) is 42.4 Å². The van der Waals surface area contributed by atoms with E-state index in [0.29, 0.717) is 6.10 Å². The summed E-state index contributed by atoms with van der Waals surface area (Å²) in [6.45, 7) is 3.63. The van der Waals surface area contributed by atoms with Gasteiger partial charge < -0.3 is 15.4 Å². The number of nitrogens with zero attached hydrogens (tertiary/aromatic N) is 2. The lowest BCUT2D eigenvalue weighted by Gasteiger charge is -2.29. The van der Waals surface area contributed by atoms with E-state index in [9.17, 15) is 4.79 Å². The first-order chi connectivity index (χ1) is 15.0. The minimum Gasteiger partial charge on any atom is -0.490 e. The molecule has 0 saturated heterocycles. The summed E-state index contributed by atoms with van der Waals surface area (Å²) in [7, 11) is 0. The van der Waals surface area contributed by atoms with Gasteiger partial charge in [0.05, 0.1) is 12.0 Å². The summed E-state index contributed by atoms with van der Waals surface area (Å²) in [4.78, 5) is 19.9. The number of carbonyl (C=O) groups is 1. The smallest absolute Gasteiger partial charge is 0.224 e. The second-order valence-corrected chi connectivity index (χ2v) is 9.66. The highest BCUT2D eigenvalue weighted by Crippen LogP contribution is 2.31. The molecule has 1 amide bonds. The van der Waals surface area contributed by atoms with Crippen LogP contribution in [-0.4, -0.2) is 23.5 Å². The number of fused-ring (bicyclic) bond motifs is 1. The monoisotopic (exact) mass is 433 g/mol. The molecule has 0 spiro atoms. The predicted molar refractivity (Wildman–Crippen MR) is 124 cm³/mol. The van der Waals surface area contributed by atoms with Crippen LogP contribution in [0.3, 0.4) is 0 Å². The molecule has 3 aromatic rings. The van der Waals surface area contributed by atoms with Crippen molar-refractivity contribution in [1.29, 1.82) is 0 Å². The Morgan fingerprint density at radius 1 is 1.23 bits per heavy atom. The van der Waals surface area contributed by atoms with Gasteiger partial charge in [-0.05, 0) is 60.6 Å². The molecule has 160 valence electrons. The van der Waals surface area contributed by atoms with E-state index >= 15 is 0 Å². The quantitative estimate of drug-likeness (QED) is 0.599. The molecule has 1 aliphatic heterocycles. The summed E-state index contributed by atoms with van der Waals surface area (Å²) < 4.78 is 5.84. The predicted octanol–water partition coefficient (Wildman–Crippen LogP) is 4.43. The van der Waals surface area contributed by atoms with Crippen LogP contribution in [0.15, 0.2) is 48.7 Å². The number of carbonyl (C=O) groups excluding carboxylic acids is 1. The number of ether oxygens (including phenoxy) is 1. The topological polar surface area (TPSA) is 68.5 Å². The molecule has 1 aliphatic carbocycles. The van der Waals surface area contributed by atoms with Gasteiger partial charge in [0.1, 0.15) is 5.75 Å². The molecule has 0 bridgehead atoms. The molecule has 0 radical (unpaired) electrons. The zero-order chi connectivity index (χ0) is 21.4. The van der Waals surface area contributed by atoms with E-state index < -0.39 is 0 Å². The maximum Gasteiger partial charge on any atom is 0.224 e. The number of nitrogens with two attached hydrogens (primary N) is 1. The Hall–Kier alpha value is -2.86. The molecule has 2 aliphatic rings. The molecule has 1 fully saturated rings. The highest BCUT2D eigenvalue weighted by atomic mass is 32.1. The second kappa shape index (κ2) is 8.35. The van der Waals surface area contributed by atoms with Gasteiger partial charge in [-0.15, -0.1) is 11.3 Å². The lowest BCUT2D eigenvalue weighted by Crippen LogP contribution is -2.30. The van der Waals surface area contributed by atoms with Crippen LogP contribution in [0.4, 0.5) is 5.13 Å². The number of anilines is 1. The second-order valence-electron chi connectivity index (χ2n) is 8.57. The zero-order valence-corrected chi connectivity index (χ0v) is 18.5. The van der Waals surface area contributed by atoms with Crippen LogP contribution in [0, 0.1) is 0 Å². The summed E-state index contributed by atoms with van der Waals surface area (Å²) >= 11 is 1.76. The van der Waals surface area contributed by atoms with Crippen LogP contribution >= 0.6 is 11.3 Å². The summed E-state index contributed by atoms with van der Waals surface area (Å²) in [6.07, 6.45) is 6.65. The Morgan fingerprint density at radius 2 is 2.03 bits per heavy atom. The fraction of sp³-hybridized carbons (Fsp3) is 0.360. The van der Waals surface area contributed by atoms with Gasteiger partial charge >= 0.3 is 0 Å². The Kier molecular flexibility index (Phi) is 5.40. The first-order valence-electron chi connectivity index (χ1n) is 10.9. The third kappa shape index (κ3) is 4.59. The van der Waals surface area contributed by atoms with Gasteiger partial charge in [0.15, 0.2) is 5.13 Å². The average molecular weight is 434 g/mol. The van der Waals surface area contributed by atoms with E-state index in [4.69, 9.17) is 15.5 Å². The molecule has 1 unspecified atom stereocenters. The van der Waals surface area contributed by atoms with Gasteiger partial charge in [-0.2, -0.15) is 0 Å². The summed E-state index contributed by atoms with van der Waals surface area (Å²) in [5, 5.41) is 1.06. The molecule has 1 saturated carbocycles. The molecular formula is C25H27N3O2S. The van der Waals surface area contributed by atoms with Gasteiger partial charge in [-0.25, -0.2) is 4.98 Å². The number of hydrogen-bond acceptors (Lipinski definition) is 5. The van der Waals surface area contributed by atoms with Crippen LogP contribution < -0.4 is 15.4 Å². The first-order valence-corrected chi connectivity index (χ1v) is 11.7. The molecule has 2 N–H and O–H groups in total. The van der Waals surface area contributed by atoms with Crippen molar-refractivity contribution in [2.45, 2.75) is 51.2 Å². The van der Waals surface area contributed by atoms with Crippen LogP contribution in [-0.2, 0) is 24.2 Å². The highest BCUT2D eigenvalue weighted by molar-refractivity contribution is 7.15. The van der Waals surface area contributed by atoms with Crippen molar-refractivity contribution in [3.63, 3.8) is 0 Å². The van der Waals surface area contributed by atoms with Gasteiger partial charge in [-0.3, -0.25) is 4.79 Å². The fourth-order valence-electron chi connectivity index (χ4n) is 3.96. The Bertz CT molecular complexity index is 1090. The molecule has 2 aromatic carbocycles. The number of aromatic nitrogens is 1. The number of benzene rings is 2. The van der Waals surface area contributed by atoms with Crippen molar-refractivity contribution < 1.29 is 9.53 Å². The van der Waals surface area contributed by atoms with Gasteiger partial charge in [0, 0.05) is 30.6 Å². The van der Waals surface area contributed by atoms with Crippen LogP contribution in [0.1, 0.15) is 52.8 Å². The first kappa shape index (κ1) is 20.1. The lowest BCUT2D eigenvalue weighted by molar-refractivity contribution is -0.119. The molecule has 1 aromatic heterocycles. The van der Waals surface area contributed by atoms with Gasteiger partial charge in [0.2, 0.25) is 5.91 Å². The minimum absolute atomic E-state index is 0.270. The number of hydrogen-bond donors (Lipinski definition) is 1. The van der Waals surface area contributed by atoms with Crippen LogP contribution in [0.2, 0.25) is 0 Å². The number of thiazole rings is 1. The molecule has 2 heterocycles. The van der Waals surface area contributed by atoms with E-state index in [1.807, 2.05) is 19.2 Å². The van der Waals surface area contributed by atoms with Crippen molar-refractivity contribution in [3.8, 4) is 5.75 Å². The average Bonchev–Trinajstić information content (AvgIpc) is 3.48. The van der Waals surface area contributed by atoms with Gasteiger partial charge in [0.25, 0.3) is 0 Å². The maximum absolute atomic E-state index is 11.6. The van der Waals surface area contributed by atoms with Crippen LogP contribution in [0.5, 0.6) is 5.75 Å². The van der Waals surface area contributed by atoms with E-state index in [1.54, 1.807) is 11.3 Å². The minimum atomic E-state index is -0.288. The van der Waals surface area contributed by atoms with E-state index in [1.165, 1.54) is 34.4 Å². The lowest BCUT2D eigenvalue weighted by atomic mass is 9.92. The molecule has 5 nitrogen and oxygen atoms in total. The number of amides is 1. The number of rotatable bonds is 7. The zero-order valence-electron chi connectivity index (χ0n) is 17.7. The molecule has 1 atom stereocenters. The highest BCUT2D eigenvalue weighted by Gasteiger charge is 2.23. The molecule has 6 heteroatoms. The van der Waals surface area contributed by atoms with E-state index in [-0.39, 0.29) is 11.8 Å². The van der Waals surface area contributed by atoms with Crippen molar-refractivity contribution in [1.82, 2.24) is 4.98 Å². The van der Waals surface area contributed by atoms with Crippen molar-refractivity contribution in [2.75, 3.05) is 11.4 Å².